The Morgan fingerprint density at radius 3 is 2.65 bits per heavy atom. The summed E-state index contributed by atoms with van der Waals surface area (Å²) in [5.74, 6) is 2.07. The minimum absolute atomic E-state index is 0.461. The van der Waals surface area contributed by atoms with Gasteiger partial charge in [-0.2, -0.15) is 0 Å². The molecule has 0 aromatic carbocycles. The average Bonchev–Trinajstić information content (AvgIpc) is 2.86. The van der Waals surface area contributed by atoms with Gasteiger partial charge in [0.2, 0.25) is 0 Å². The fourth-order valence-electron chi connectivity index (χ4n) is 2.67. The third-order valence-corrected chi connectivity index (χ3v) is 4.84. The van der Waals surface area contributed by atoms with Crippen molar-refractivity contribution in [3.8, 4) is 0 Å². The molecule has 2 aromatic rings. The predicted octanol–water partition coefficient (Wildman–Crippen LogP) is 2.33. The zero-order valence-electron chi connectivity index (χ0n) is 14.4. The molecule has 1 unspecified atom stereocenters. The maximum absolute atomic E-state index is 11.2. The fraction of sp³-hybridized carbons (Fsp3) is 0.625. The molecule has 0 aliphatic heterocycles. The summed E-state index contributed by atoms with van der Waals surface area (Å²) in [6.45, 7) is 7.90. The Balaban J connectivity index is 2.38. The van der Waals surface area contributed by atoms with E-state index >= 15 is 0 Å². The van der Waals surface area contributed by atoms with E-state index in [-0.39, 0.29) is 0 Å². The lowest BCUT2D eigenvalue weighted by molar-refractivity contribution is 0.126. The molecule has 1 atom stereocenters. The van der Waals surface area contributed by atoms with E-state index in [0.717, 1.165) is 53.3 Å². The number of hydrogen-bond acceptors (Lipinski definition) is 5. The zero-order valence-corrected chi connectivity index (χ0v) is 15.2. The van der Waals surface area contributed by atoms with Crippen LogP contribution in [0.5, 0.6) is 0 Å². The molecule has 0 saturated carbocycles. The minimum atomic E-state index is -0.742. The molecule has 2 rings (SSSR count). The highest BCUT2D eigenvalue weighted by Crippen LogP contribution is 2.26. The monoisotopic (exact) mass is 338 g/mol. The Hall–Kier alpha value is -1.47. The molecule has 0 fully saturated rings. The first-order chi connectivity index (χ1) is 11.0. The van der Waals surface area contributed by atoms with Crippen molar-refractivity contribution >= 4 is 27.7 Å². The van der Waals surface area contributed by atoms with Crippen molar-refractivity contribution in [2.75, 3.05) is 24.3 Å². The molecule has 0 saturated heterocycles. The number of nitrogen functional groups attached to an aromatic ring is 1. The first-order valence-electron chi connectivity index (χ1n) is 7.95. The number of rotatable bonds is 8. The molecule has 2 N–H and O–H groups in total. The number of unbranched alkanes of at least 4 members (excludes halogenated alkanes) is 1. The van der Waals surface area contributed by atoms with Gasteiger partial charge in [-0.05, 0) is 39.2 Å². The number of nitrogens with two attached hydrogens (primary N) is 1. The van der Waals surface area contributed by atoms with E-state index < -0.39 is 10.8 Å². The van der Waals surface area contributed by atoms with Gasteiger partial charge in [-0.3, -0.25) is 4.21 Å². The topological polar surface area (TPSA) is 83.0 Å². The van der Waals surface area contributed by atoms with Gasteiger partial charge in [0.15, 0.2) is 5.82 Å². The van der Waals surface area contributed by atoms with Crippen LogP contribution in [0.1, 0.15) is 36.8 Å². The number of hydrogen-bond donors (Lipinski definition) is 1. The van der Waals surface area contributed by atoms with Crippen molar-refractivity contribution in [2.45, 2.75) is 46.8 Å². The summed E-state index contributed by atoms with van der Waals surface area (Å²) in [6, 6.07) is 0. The SMILES string of the molecule is CCOCc1nc2c(N)nc(C)c(C)c2n1CCCCS(C)=O. The van der Waals surface area contributed by atoms with E-state index in [4.69, 9.17) is 10.5 Å². The van der Waals surface area contributed by atoms with Crippen LogP contribution in [-0.4, -0.2) is 37.4 Å². The first kappa shape index (κ1) is 17.9. The first-order valence-corrected chi connectivity index (χ1v) is 9.68. The quantitative estimate of drug-likeness (QED) is 0.747. The smallest absolute Gasteiger partial charge is 0.151 e. The maximum atomic E-state index is 11.2. The predicted molar refractivity (Wildman–Crippen MR) is 94.9 cm³/mol. The van der Waals surface area contributed by atoms with Crippen LogP contribution < -0.4 is 5.73 Å². The summed E-state index contributed by atoms with van der Waals surface area (Å²) < 4.78 is 19.0. The molecule has 0 amide bonds. The Labute approximate surface area is 139 Å². The van der Waals surface area contributed by atoms with Crippen LogP contribution in [0.15, 0.2) is 0 Å². The van der Waals surface area contributed by atoms with Gasteiger partial charge in [0, 0.05) is 41.7 Å². The van der Waals surface area contributed by atoms with Crippen molar-refractivity contribution in [3.63, 3.8) is 0 Å². The van der Waals surface area contributed by atoms with E-state index in [1.807, 2.05) is 20.8 Å². The lowest BCUT2D eigenvalue weighted by Crippen LogP contribution is -2.08. The van der Waals surface area contributed by atoms with Gasteiger partial charge < -0.3 is 15.0 Å². The molecule has 7 heteroatoms. The van der Waals surface area contributed by atoms with Crippen LogP contribution in [-0.2, 0) is 28.7 Å². The molecule has 128 valence electrons. The highest BCUT2D eigenvalue weighted by Gasteiger charge is 2.17. The maximum Gasteiger partial charge on any atom is 0.151 e. The zero-order chi connectivity index (χ0) is 17.0. The van der Waals surface area contributed by atoms with Gasteiger partial charge in [0.1, 0.15) is 17.9 Å². The largest absolute Gasteiger partial charge is 0.382 e. The number of nitrogens with zero attached hydrogens (tertiary/aromatic N) is 3. The Bertz CT molecular complexity index is 712. The molecule has 0 spiro atoms. The molecular formula is C16H26N4O2S. The summed E-state index contributed by atoms with van der Waals surface area (Å²) >= 11 is 0. The second kappa shape index (κ2) is 7.88. The number of pyridine rings is 1. The number of ether oxygens (including phenoxy) is 1. The van der Waals surface area contributed by atoms with Crippen molar-refractivity contribution in [1.82, 2.24) is 14.5 Å². The number of aromatic nitrogens is 3. The average molecular weight is 338 g/mol. The van der Waals surface area contributed by atoms with Crippen molar-refractivity contribution in [2.24, 2.45) is 0 Å². The number of anilines is 1. The summed E-state index contributed by atoms with van der Waals surface area (Å²) in [5, 5.41) is 0. The van der Waals surface area contributed by atoms with E-state index in [9.17, 15) is 4.21 Å². The third-order valence-electron chi connectivity index (χ3n) is 3.97. The van der Waals surface area contributed by atoms with Crippen LogP contribution in [0.25, 0.3) is 11.0 Å². The molecule has 0 aliphatic rings. The lowest BCUT2D eigenvalue weighted by atomic mass is 10.2. The highest BCUT2D eigenvalue weighted by atomic mass is 32.2. The summed E-state index contributed by atoms with van der Waals surface area (Å²) in [6.07, 6.45) is 3.62. The molecule has 0 aliphatic carbocycles. The Kier molecular flexibility index (Phi) is 6.12. The molecule has 0 radical (unpaired) electrons. The van der Waals surface area contributed by atoms with Crippen LogP contribution in [0.4, 0.5) is 5.82 Å². The van der Waals surface area contributed by atoms with E-state index in [1.54, 1.807) is 6.26 Å². The normalized spacial score (nSPS) is 12.9. The van der Waals surface area contributed by atoms with Crippen molar-refractivity contribution < 1.29 is 8.95 Å². The highest BCUT2D eigenvalue weighted by molar-refractivity contribution is 7.84. The van der Waals surface area contributed by atoms with Gasteiger partial charge in [-0.1, -0.05) is 0 Å². The van der Waals surface area contributed by atoms with Crippen molar-refractivity contribution in [1.29, 1.82) is 0 Å². The Morgan fingerprint density at radius 2 is 2.00 bits per heavy atom. The van der Waals surface area contributed by atoms with Crippen LogP contribution >= 0.6 is 0 Å². The van der Waals surface area contributed by atoms with E-state index in [0.29, 0.717) is 19.0 Å². The van der Waals surface area contributed by atoms with Crippen LogP contribution in [0, 0.1) is 13.8 Å². The number of imidazole rings is 1. The number of aryl methyl sites for hydroxylation is 3. The third kappa shape index (κ3) is 4.09. The lowest BCUT2D eigenvalue weighted by Gasteiger charge is -2.11. The van der Waals surface area contributed by atoms with Gasteiger partial charge in [-0.15, -0.1) is 0 Å². The van der Waals surface area contributed by atoms with Crippen LogP contribution in [0.3, 0.4) is 0 Å². The standard InChI is InChI=1S/C16H26N4O2S/c1-5-22-10-13-19-14-15(11(2)12(3)18-16(14)17)20(13)8-6-7-9-23(4)21/h5-10H2,1-4H3,(H2,17,18). The summed E-state index contributed by atoms with van der Waals surface area (Å²) in [7, 11) is -0.742. The number of fused-ring (bicyclic) bond motifs is 1. The molecule has 0 bridgehead atoms. The second-order valence-electron chi connectivity index (χ2n) is 5.71. The van der Waals surface area contributed by atoms with E-state index in [1.165, 1.54) is 0 Å². The molecule has 2 aromatic heterocycles. The molecule has 23 heavy (non-hydrogen) atoms. The van der Waals surface area contributed by atoms with Gasteiger partial charge in [0.25, 0.3) is 0 Å². The molecule has 2 heterocycles. The van der Waals surface area contributed by atoms with Crippen LogP contribution in [0.2, 0.25) is 0 Å². The Morgan fingerprint density at radius 1 is 1.26 bits per heavy atom. The van der Waals surface area contributed by atoms with E-state index in [2.05, 4.69) is 14.5 Å². The summed E-state index contributed by atoms with van der Waals surface area (Å²) in [4.78, 5) is 9.03. The van der Waals surface area contributed by atoms with Crippen molar-refractivity contribution in [3.05, 3.63) is 17.1 Å². The fourth-order valence-corrected chi connectivity index (χ4v) is 3.28. The minimum Gasteiger partial charge on any atom is -0.382 e. The summed E-state index contributed by atoms with van der Waals surface area (Å²) in [5.41, 5.74) is 9.88. The molecule has 6 nitrogen and oxygen atoms in total. The molecular weight excluding hydrogens is 312 g/mol. The van der Waals surface area contributed by atoms with Gasteiger partial charge in [-0.25, -0.2) is 9.97 Å². The second-order valence-corrected chi connectivity index (χ2v) is 7.26. The van der Waals surface area contributed by atoms with Gasteiger partial charge in [0.05, 0.1) is 5.52 Å². The van der Waals surface area contributed by atoms with Gasteiger partial charge >= 0.3 is 0 Å².